The van der Waals surface area contributed by atoms with Crippen molar-refractivity contribution >= 4 is 28.5 Å². The van der Waals surface area contributed by atoms with Crippen molar-refractivity contribution in [1.29, 1.82) is 0 Å². The Balaban J connectivity index is 1.73. The summed E-state index contributed by atoms with van der Waals surface area (Å²) in [4.78, 5) is 33.9. The number of carbonyl (C=O) groups is 2. The SMILES string of the molecule is CCN(C(=O)Cn1c([C@@H]2CCCN2C(C)=O)nc2ccccc21)c1ccccc1. The monoisotopic (exact) mass is 390 g/mol. The molecule has 0 radical (unpaired) electrons. The Hall–Kier alpha value is -3.15. The molecular formula is C23H26N4O2. The zero-order chi connectivity index (χ0) is 20.4. The first-order valence-electron chi connectivity index (χ1n) is 10.2. The third-order valence-corrected chi connectivity index (χ3v) is 5.62. The number of para-hydroxylation sites is 3. The first-order valence-corrected chi connectivity index (χ1v) is 10.2. The maximum Gasteiger partial charge on any atom is 0.246 e. The largest absolute Gasteiger partial charge is 0.333 e. The minimum absolute atomic E-state index is 0.00970. The zero-order valence-electron chi connectivity index (χ0n) is 16.9. The molecule has 6 heteroatoms. The van der Waals surface area contributed by atoms with Gasteiger partial charge in [0.05, 0.1) is 17.1 Å². The zero-order valence-corrected chi connectivity index (χ0v) is 16.9. The van der Waals surface area contributed by atoms with Crippen molar-refractivity contribution < 1.29 is 9.59 Å². The van der Waals surface area contributed by atoms with Crippen LogP contribution < -0.4 is 4.90 Å². The van der Waals surface area contributed by atoms with Gasteiger partial charge in [-0.1, -0.05) is 30.3 Å². The normalized spacial score (nSPS) is 16.3. The molecule has 3 aromatic rings. The van der Waals surface area contributed by atoms with E-state index in [4.69, 9.17) is 4.98 Å². The van der Waals surface area contributed by atoms with Gasteiger partial charge in [0.2, 0.25) is 11.8 Å². The van der Waals surface area contributed by atoms with Gasteiger partial charge in [-0.05, 0) is 44.0 Å². The van der Waals surface area contributed by atoms with E-state index in [1.807, 2.05) is 71.0 Å². The first-order chi connectivity index (χ1) is 14.1. The number of aromatic nitrogens is 2. The number of nitrogens with zero attached hydrogens (tertiary/aromatic N) is 4. The summed E-state index contributed by atoms with van der Waals surface area (Å²) in [7, 11) is 0. The molecule has 0 saturated carbocycles. The quantitative estimate of drug-likeness (QED) is 0.666. The number of amides is 2. The molecule has 1 atom stereocenters. The number of likely N-dealkylation sites (N-methyl/N-ethyl adjacent to an activating group) is 1. The molecule has 4 rings (SSSR count). The van der Waals surface area contributed by atoms with Crippen molar-refractivity contribution in [3.05, 3.63) is 60.4 Å². The molecule has 0 aliphatic carbocycles. The Labute approximate surface area is 170 Å². The minimum atomic E-state index is -0.0838. The topological polar surface area (TPSA) is 58.4 Å². The number of carbonyl (C=O) groups excluding carboxylic acids is 2. The van der Waals surface area contributed by atoms with Crippen LogP contribution in [0, 0.1) is 0 Å². The van der Waals surface area contributed by atoms with E-state index in [1.54, 1.807) is 11.8 Å². The summed E-state index contributed by atoms with van der Waals surface area (Å²) in [5.74, 6) is 0.865. The highest BCUT2D eigenvalue weighted by Crippen LogP contribution is 2.33. The molecule has 2 amide bonds. The molecule has 0 bridgehead atoms. The highest BCUT2D eigenvalue weighted by atomic mass is 16.2. The number of hydrogen-bond donors (Lipinski definition) is 0. The maximum absolute atomic E-state index is 13.3. The number of imidazole rings is 1. The fourth-order valence-electron chi connectivity index (χ4n) is 4.26. The minimum Gasteiger partial charge on any atom is -0.333 e. The number of likely N-dealkylation sites (tertiary alicyclic amines) is 1. The molecule has 150 valence electrons. The van der Waals surface area contributed by atoms with Gasteiger partial charge in [0, 0.05) is 25.7 Å². The second-order valence-electron chi connectivity index (χ2n) is 7.39. The molecule has 6 nitrogen and oxygen atoms in total. The Morgan fingerprint density at radius 1 is 1.10 bits per heavy atom. The lowest BCUT2D eigenvalue weighted by molar-refractivity contribution is -0.129. The summed E-state index contributed by atoms with van der Waals surface area (Å²) in [6, 6.07) is 17.5. The maximum atomic E-state index is 13.3. The van der Waals surface area contributed by atoms with Crippen molar-refractivity contribution in [2.75, 3.05) is 18.0 Å². The number of hydrogen-bond acceptors (Lipinski definition) is 3. The molecule has 0 spiro atoms. The van der Waals surface area contributed by atoms with E-state index in [0.29, 0.717) is 6.54 Å². The van der Waals surface area contributed by atoms with Gasteiger partial charge in [-0.2, -0.15) is 0 Å². The highest BCUT2D eigenvalue weighted by Gasteiger charge is 2.32. The first kappa shape index (κ1) is 19.2. The number of benzene rings is 2. The van der Waals surface area contributed by atoms with Crippen LogP contribution in [0.1, 0.15) is 38.6 Å². The lowest BCUT2D eigenvalue weighted by Crippen LogP contribution is -2.35. The molecule has 0 unspecified atom stereocenters. The van der Waals surface area contributed by atoms with Crippen molar-refractivity contribution in [3.63, 3.8) is 0 Å². The summed E-state index contributed by atoms with van der Waals surface area (Å²) in [5.41, 5.74) is 2.67. The summed E-state index contributed by atoms with van der Waals surface area (Å²) < 4.78 is 2.00. The third-order valence-electron chi connectivity index (χ3n) is 5.62. The Morgan fingerprint density at radius 3 is 2.55 bits per heavy atom. The standard InChI is InChI=1S/C23H26N4O2/c1-3-25(18-10-5-4-6-11-18)22(29)16-27-20-13-8-7-12-19(20)24-23(27)21-14-9-15-26(21)17(2)28/h4-8,10-13,21H,3,9,14-16H2,1-2H3/t21-/m0/s1. The Kier molecular flexibility index (Phi) is 5.34. The van der Waals surface area contributed by atoms with Crippen molar-refractivity contribution in [2.45, 2.75) is 39.3 Å². The molecule has 1 fully saturated rings. The highest BCUT2D eigenvalue weighted by molar-refractivity contribution is 5.94. The van der Waals surface area contributed by atoms with E-state index < -0.39 is 0 Å². The Morgan fingerprint density at radius 2 is 1.83 bits per heavy atom. The van der Waals surface area contributed by atoms with Crippen LogP contribution in [0.3, 0.4) is 0 Å². The third kappa shape index (κ3) is 3.62. The van der Waals surface area contributed by atoms with E-state index in [0.717, 1.165) is 41.9 Å². The van der Waals surface area contributed by atoms with Gasteiger partial charge in [0.25, 0.3) is 0 Å². The molecule has 1 aromatic heterocycles. The van der Waals surface area contributed by atoms with Crippen LogP contribution in [0.25, 0.3) is 11.0 Å². The molecule has 2 aromatic carbocycles. The summed E-state index contributed by atoms with van der Waals surface area (Å²) in [5, 5.41) is 0. The van der Waals surface area contributed by atoms with Crippen molar-refractivity contribution in [3.8, 4) is 0 Å². The molecule has 0 N–H and O–H groups in total. The molecule has 1 aliphatic rings. The summed E-state index contributed by atoms with van der Waals surface area (Å²) in [6.07, 6.45) is 1.82. The smallest absolute Gasteiger partial charge is 0.246 e. The van der Waals surface area contributed by atoms with E-state index in [1.165, 1.54) is 0 Å². The lowest BCUT2D eigenvalue weighted by atomic mass is 10.2. The van der Waals surface area contributed by atoms with Crippen LogP contribution in [0.4, 0.5) is 5.69 Å². The number of fused-ring (bicyclic) bond motifs is 1. The predicted molar refractivity (Wildman–Crippen MR) is 114 cm³/mol. The van der Waals surface area contributed by atoms with Gasteiger partial charge in [-0.15, -0.1) is 0 Å². The Bertz CT molecular complexity index is 1030. The van der Waals surface area contributed by atoms with Crippen LogP contribution in [0.5, 0.6) is 0 Å². The molecule has 1 saturated heterocycles. The molecular weight excluding hydrogens is 364 g/mol. The van der Waals surface area contributed by atoms with Crippen molar-refractivity contribution in [1.82, 2.24) is 14.5 Å². The number of anilines is 1. The van der Waals surface area contributed by atoms with E-state index in [2.05, 4.69) is 0 Å². The summed E-state index contributed by atoms with van der Waals surface area (Å²) >= 11 is 0. The van der Waals surface area contributed by atoms with Gasteiger partial charge in [0.15, 0.2) is 0 Å². The lowest BCUT2D eigenvalue weighted by Gasteiger charge is -2.25. The average molecular weight is 390 g/mol. The number of rotatable bonds is 5. The van der Waals surface area contributed by atoms with Crippen LogP contribution in [-0.4, -0.2) is 39.4 Å². The van der Waals surface area contributed by atoms with Crippen LogP contribution in [0.15, 0.2) is 54.6 Å². The average Bonchev–Trinajstić information content (AvgIpc) is 3.35. The molecule has 2 heterocycles. The second-order valence-corrected chi connectivity index (χ2v) is 7.39. The fraction of sp³-hybridized carbons (Fsp3) is 0.348. The molecule has 1 aliphatic heterocycles. The van der Waals surface area contributed by atoms with Crippen LogP contribution in [-0.2, 0) is 16.1 Å². The van der Waals surface area contributed by atoms with E-state index >= 15 is 0 Å². The van der Waals surface area contributed by atoms with Gasteiger partial charge in [-0.3, -0.25) is 9.59 Å². The van der Waals surface area contributed by atoms with Gasteiger partial charge < -0.3 is 14.4 Å². The fourth-order valence-corrected chi connectivity index (χ4v) is 4.26. The van der Waals surface area contributed by atoms with Crippen LogP contribution >= 0.6 is 0 Å². The summed E-state index contributed by atoms with van der Waals surface area (Å²) in [6.45, 7) is 5.11. The van der Waals surface area contributed by atoms with Crippen molar-refractivity contribution in [2.24, 2.45) is 0 Å². The van der Waals surface area contributed by atoms with Gasteiger partial charge >= 0.3 is 0 Å². The van der Waals surface area contributed by atoms with Gasteiger partial charge in [0.1, 0.15) is 12.4 Å². The van der Waals surface area contributed by atoms with Crippen LogP contribution in [0.2, 0.25) is 0 Å². The predicted octanol–water partition coefficient (Wildman–Crippen LogP) is 3.77. The van der Waals surface area contributed by atoms with Gasteiger partial charge in [-0.25, -0.2) is 4.98 Å². The van der Waals surface area contributed by atoms with E-state index in [-0.39, 0.29) is 24.4 Å². The second kappa shape index (κ2) is 8.07. The molecule has 29 heavy (non-hydrogen) atoms. The van der Waals surface area contributed by atoms with E-state index in [9.17, 15) is 9.59 Å².